The Hall–Kier alpha value is -2.74. The fourth-order valence-corrected chi connectivity index (χ4v) is 4.21. The molecule has 0 spiro atoms. The van der Waals surface area contributed by atoms with Crippen molar-refractivity contribution < 1.29 is 27.8 Å². The molecule has 0 atom stereocenters. The Morgan fingerprint density at radius 3 is 2.48 bits per heavy atom. The summed E-state index contributed by atoms with van der Waals surface area (Å²) in [6.45, 7) is -0.116. The molecule has 0 unspecified atom stereocenters. The van der Waals surface area contributed by atoms with Crippen molar-refractivity contribution in [1.82, 2.24) is 0 Å². The topological polar surface area (TPSA) is 93.1 Å². The number of nitrogens with zero attached hydrogens (tertiary/aromatic N) is 1. The van der Waals surface area contributed by atoms with Crippen molar-refractivity contribution in [3.8, 4) is 11.5 Å². The molecule has 1 N–H and O–H groups in total. The van der Waals surface area contributed by atoms with Gasteiger partial charge in [-0.05, 0) is 54.4 Å². The number of benzene rings is 2. The number of aliphatic carboxylic acids is 1. The van der Waals surface area contributed by atoms with Crippen molar-refractivity contribution in [2.75, 3.05) is 24.6 Å². The first-order valence-corrected chi connectivity index (χ1v) is 9.00. The van der Waals surface area contributed by atoms with Gasteiger partial charge in [-0.2, -0.15) is 0 Å². The first-order valence-electron chi connectivity index (χ1n) is 7.56. The zero-order chi connectivity index (χ0) is 18.0. The van der Waals surface area contributed by atoms with Gasteiger partial charge in [0, 0.05) is 6.54 Å². The molecular weight excluding hydrogens is 346 g/mol. The van der Waals surface area contributed by atoms with E-state index in [0.29, 0.717) is 30.2 Å². The van der Waals surface area contributed by atoms with E-state index in [0.717, 1.165) is 5.56 Å². The lowest BCUT2D eigenvalue weighted by Crippen LogP contribution is -2.29. The second-order valence-corrected chi connectivity index (χ2v) is 7.34. The van der Waals surface area contributed by atoms with Gasteiger partial charge in [0.05, 0.1) is 17.7 Å². The minimum absolute atomic E-state index is 0.124. The second-order valence-electron chi connectivity index (χ2n) is 5.48. The Morgan fingerprint density at radius 1 is 1.16 bits per heavy atom. The molecule has 0 amide bonds. The molecule has 2 aromatic rings. The molecule has 1 aliphatic heterocycles. The summed E-state index contributed by atoms with van der Waals surface area (Å²) in [4.78, 5) is 10.6. The van der Waals surface area contributed by atoms with Crippen LogP contribution in [0.25, 0.3) is 0 Å². The summed E-state index contributed by atoms with van der Waals surface area (Å²) in [7, 11) is -2.13. The predicted molar refractivity (Wildman–Crippen MR) is 90.8 cm³/mol. The van der Waals surface area contributed by atoms with Gasteiger partial charge in [0.15, 0.2) is 6.61 Å². The summed E-state index contributed by atoms with van der Waals surface area (Å²) in [5.41, 5.74) is 1.57. The Morgan fingerprint density at radius 2 is 1.84 bits per heavy atom. The first kappa shape index (κ1) is 17.1. The number of hydrogen-bond donors (Lipinski definition) is 1. The highest BCUT2D eigenvalue weighted by molar-refractivity contribution is 7.92. The average Bonchev–Trinajstić information content (AvgIpc) is 3.04. The molecule has 0 saturated heterocycles. The summed E-state index contributed by atoms with van der Waals surface area (Å²) in [6.07, 6.45) is 0.617. The van der Waals surface area contributed by atoms with Crippen LogP contribution in [0, 0.1) is 0 Å². The number of carbonyl (C=O) groups is 1. The van der Waals surface area contributed by atoms with Crippen LogP contribution in [0.1, 0.15) is 5.56 Å². The molecule has 0 fully saturated rings. The number of fused-ring (bicyclic) bond motifs is 1. The zero-order valence-corrected chi connectivity index (χ0v) is 14.3. The van der Waals surface area contributed by atoms with Crippen molar-refractivity contribution in [2.24, 2.45) is 0 Å². The molecular formula is C17H17NO6S. The minimum Gasteiger partial charge on any atom is -0.497 e. The van der Waals surface area contributed by atoms with Crippen LogP contribution < -0.4 is 13.8 Å². The Balaban J connectivity index is 1.85. The molecule has 0 saturated carbocycles. The Bertz CT molecular complexity index is 892. The van der Waals surface area contributed by atoms with Crippen LogP contribution in [0.15, 0.2) is 47.4 Å². The van der Waals surface area contributed by atoms with Crippen molar-refractivity contribution >= 4 is 21.7 Å². The molecule has 132 valence electrons. The molecule has 8 heteroatoms. The monoisotopic (exact) mass is 363 g/mol. The van der Waals surface area contributed by atoms with Crippen LogP contribution in [0.4, 0.5) is 5.69 Å². The number of carboxylic acid groups (broad SMARTS) is 1. The third kappa shape index (κ3) is 3.39. The van der Waals surface area contributed by atoms with E-state index in [1.54, 1.807) is 19.2 Å². The number of ether oxygens (including phenoxy) is 2. The second kappa shape index (κ2) is 6.64. The van der Waals surface area contributed by atoms with Crippen LogP contribution in [-0.2, 0) is 21.2 Å². The smallest absolute Gasteiger partial charge is 0.341 e. The number of rotatable bonds is 6. The van der Waals surface area contributed by atoms with Crippen LogP contribution >= 0.6 is 0 Å². The summed E-state index contributed by atoms with van der Waals surface area (Å²) in [5, 5.41) is 8.60. The number of methoxy groups -OCH3 is 1. The maximum atomic E-state index is 12.9. The van der Waals surface area contributed by atoms with Gasteiger partial charge < -0.3 is 14.6 Å². The molecule has 0 radical (unpaired) electrons. The summed E-state index contributed by atoms with van der Waals surface area (Å²) in [5.74, 6) is -0.105. The first-order chi connectivity index (χ1) is 11.9. The minimum atomic E-state index is -3.70. The van der Waals surface area contributed by atoms with Gasteiger partial charge in [0.1, 0.15) is 11.5 Å². The van der Waals surface area contributed by atoms with Gasteiger partial charge in [-0.3, -0.25) is 4.31 Å². The maximum Gasteiger partial charge on any atom is 0.341 e. The highest BCUT2D eigenvalue weighted by Crippen LogP contribution is 2.35. The van der Waals surface area contributed by atoms with Gasteiger partial charge in [-0.15, -0.1) is 0 Å². The van der Waals surface area contributed by atoms with Gasteiger partial charge in [0.2, 0.25) is 0 Å². The van der Waals surface area contributed by atoms with Crippen molar-refractivity contribution in [3.63, 3.8) is 0 Å². The summed E-state index contributed by atoms with van der Waals surface area (Å²) in [6, 6.07) is 11.0. The number of hydrogen-bond acceptors (Lipinski definition) is 5. The largest absolute Gasteiger partial charge is 0.497 e. The highest BCUT2D eigenvalue weighted by Gasteiger charge is 2.31. The fraction of sp³-hybridized carbons (Fsp3) is 0.235. The fourth-order valence-electron chi connectivity index (χ4n) is 2.70. The molecule has 1 heterocycles. The third-order valence-corrected chi connectivity index (χ3v) is 5.74. The van der Waals surface area contributed by atoms with E-state index < -0.39 is 22.6 Å². The normalized spacial score (nSPS) is 13.4. The molecule has 1 aliphatic rings. The predicted octanol–water partition coefficient (Wildman–Crippen LogP) is 1.91. The average molecular weight is 363 g/mol. The quantitative estimate of drug-likeness (QED) is 0.843. The molecule has 3 rings (SSSR count). The lowest BCUT2D eigenvalue weighted by molar-refractivity contribution is -0.139. The van der Waals surface area contributed by atoms with Gasteiger partial charge >= 0.3 is 5.97 Å². The highest BCUT2D eigenvalue weighted by atomic mass is 32.2. The summed E-state index contributed by atoms with van der Waals surface area (Å²) >= 11 is 0. The van der Waals surface area contributed by atoms with E-state index >= 15 is 0 Å². The molecule has 25 heavy (non-hydrogen) atoms. The zero-order valence-electron chi connectivity index (χ0n) is 13.5. The molecule has 7 nitrogen and oxygen atoms in total. The van der Waals surface area contributed by atoms with Gasteiger partial charge in [-0.1, -0.05) is 0 Å². The van der Waals surface area contributed by atoms with E-state index in [1.807, 2.05) is 6.07 Å². The Kier molecular flexibility index (Phi) is 4.54. The number of anilines is 1. The van der Waals surface area contributed by atoms with Crippen LogP contribution in [0.3, 0.4) is 0 Å². The standard InChI is InChI=1S/C17H17NO6S/c1-23-14-4-7-16-12(10-14)8-9-18(16)25(21,22)15-5-2-13(3-6-15)24-11-17(19)20/h2-7,10H,8-9,11H2,1H3,(H,19,20). The molecule has 0 aromatic heterocycles. The molecule has 2 aromatic carbocycles. The molecule has 0 bridgehead atoms. The van der Waals surface area contributed by atoms with E-state index in [2.05, 4.69) is 0 Å². The van der Waals surface area contributed by atoms with E-state index in [9.17, 15) is 13.2 Å². The molecule has 0 aliphatic carbocycles. The summed E-state index contributed by atoms with van der Waals surface area (Å²) < 4.78 is 37.3. The van der Waals surface area contributed by atoms with Crippen molar-refractivity contribution in [1.29, 1.82) is 0 Å². The van der Waals surface area contributed by atoms with Gasteiger partial charge in [0.25, 0.3) is 10.0 Å². The van der Waals surface area contributed by atoms with E-state index in [-0.39, 0.29) is 4.90 Å². The van der Waals surface area contributed by atoms with E-state index in [4.69, 9.17) is 14.6 Å². The van der Waals surface area contributed by atoms with Gasteiger partial charge in [-0.25, -0.2) is 13.2 Å². The maximum absolute atomic E-state index is 12.9. The lowest BCUT2D eigenvalue weighted by Gasteiger charge is -2.20. The Labute approximate surface area is 145 Å². The number of carboxylic acids is 1. The SMILES string of the molecule is COc1ccc2c(c1)CCN2S(=O)(=O)c1ccc(OCC(=O)O)cc1. The van der Waals surface area contributed by atoms with Crippen molar-refractivity contribution in [3.05, 3.63) is 48.0 Å². The van der Waals surface area contributed by atoms with E-state index in [1.165, 1.54) is 28.6 Å². The number of sulfonamides is 1. The van der Waals surface area contributed by atoms with Crippen LogP contribution in [0.2, 0.25) is 0 Å². The third-order valence-electron chi connectivity index (χ3n) is 3.91. The van der Waals surface area contributed by atoms with Crippen LogP contribution in [0.5, 0.6) is 11.5 Å². The van der Waals surface area contributed by atoms with Crippen molar-refractivity contribution in [2.45, 2.75) is 11.3 Å². The van der Waals surface area contributed by atoms with Crippen LogP contribution in [-0.4, -0.2) is 39.8 Å². The lowest BCUT2D eigenvalue weighted by atomic mass is 10.1.